The van der Waals surface area contributed by atoms with Crippen molar-refractivity contribution in [2.75, 3.05) is 33.0 Å². The highest BCUT2D eigenvalue weighted by molar-refractivity contribution is 5.69. The molecule has 14 heteroatoms. The Labute approximate surface area is 310 Å². The van der Waals surface area contributed by atoms with Crippen molar-refractivity contribution >= 4 is 5.97 Å². The average molecular weight is 751 g/mol. The summed E-state index contributed by atoms with van der Waals surface area (Å²) in [6, 6.07) is 0. The first-order chi connectivity index (χ1) is 25.1. The summed E-state index contributed by atoms with van der Waals surface area (Å²) in [7, 11) is 0. The molecule has 11 unspecified atom stereocenters. The highest BCUT2D eigenvalue weighted by atomic mass is 16.7. The zero-order chi connectivity index (χ0) is 38.1. The quantitative estimate of drug-likeness (QED) is 0.0333. The van der Waals surface area contributed by atoms with Crippen LogP contribution < -0.4 is 0 Å². The van der Waals surface area contributed by atoms with Crippen LogP contribution >= 0.6 is 0 Å². The monoisotopic (exact) mass is 750 g/mol. The van der Waals surface area contributed by atoms with Crippen LogP contribution in [0.1, 0.15) is 123 Å². The van der Waals surface area contributed by atoms with Gasteiger partial charge in [0.2, 0.25) is 0 Å². The Morgan fingerprint density at radius 2 is 1.12 bits per heavy atom. The number of hydrogen-bond donors (Lipinski definition) is 7. The summed E-state index contributed by atoms with van der Waals surface area (Å²) in [4.78, 5) is 12.1. The van der Waals surface area contributed by atoms with Crippen molar-refractivity contribution in [2.24, 2.45) is 0 Å². The Balaban J connectivity index is 1.63. The van der Waals surface area contributed by atoms with E-state index in [9.17, 15) is 40.5 Å². The number of rotatable bonds is 29. The molecule has 2 saturated heterocycles. The molecule has 52 heavy (non-hydrogen) atoms. The van der Waals surface area contributed by atoms with Gasteiger partial charge < -0.3 is 64.2 Å². The molecule has 14 nitrogen and oxygen atoms in total. The Bertz CT molecular complexity index is 922. The van der Waals surface area contributed by atoms with Crippen LogP contribution in [0.5, 0.6) is 0 Å². The third-order valence-corrected chi connectivity index (χ3v) is 9.58. The van der Waals surface area contributed by atoms with Gasteiger partial charge in [-0.05, 0) is 32.1 Å². The molecular formula is C38H70O14. The summed E-state index contributed by atoms with van der Waals surface area (Å²) in [6.45, 7) is 3.07. The number of hydrogen-bond acceptors (Lipinski definition) is 14. The number of allylic oxidation sites excluding steroid dienone is 2. The maximum atomic E-state index is 12.1. The largest absolute Gasteiger partial charge is 0.457 e. The van der Waals surface area contributed by atoms with Gasteiger partial charge in [0.15, 0.2) is 12.6 Å². The molecule has 11 atom stereocenters. The van der Waals surface area contributed by atoms with Crippen LogP contribution in [-0.4, -0.2) is 142 Å². The summed E-state index contributed by atoms with van der Waals surface area (Å²) >= 11 is 0. The second-order valence-corrected chi connectivity index (χ2v) is 14.1. The summed E-state index contributed by atoms with van der Waals surface area (Å²) in [5, 5.41) is 71.0. The molecule has 2 aliphatic rings. The smallest absolute Gasteiger partial charge is 0.305 e. The first kappa shape index (κ1) is 46.9. The van der Waals surface area contributed by atoms with E-state index in [1.54, 1.807) is 6.92 Å². The highest BCUT2D eigenvalue weighted by Crippen LogP contribution is 2.26. The van der Waals surface area contributed by atoms with Gasteiger partial charge in [-0.15, -0.1) is 0 Å². The molecule has 0 aromatic heterocycles. The van der Waals surface area contributed by atoms with Crippen molar-refractivity contribution in [1.82, 2.24) is 0 Å². The van der Waals surface area contributed by atoms with Gasteiger partial charge in [-0.25, -0.2) is 0 Å². The predicted molar refractivity (Wildman–Crippen MR) is 192 cm³/mol. The van der Waals surface area contributed by atoms with Crippen molar-refractivity contribution in [3.63, 3.8) is 0 Å². The maximum absolute atomic E-state index is 12.1. The van der Waals surface area contributed by atoms with Crippen LogP contribution in [0.2, 0.25) is 0 Å². The van der Waals surface area contributed by atoms with Crippen LogP contribution in [0, 0.1) is 0 Å². The topological polar surface area (TPSA) is 214 Å². The van der Waals surface area contributed by atoms with E-state index in [1.165, 1.54) is 83.5 Å². The molecule has 2 aliphatic heterocycles. The fourth-order valence-corrected chi connectivity index (χ4v) is 6.19. The number of unbranched alkanes of at least 4 members (excludes halogenated alkanes) is 14. The van der Waals surface area contributed by atoms with E-state index in [0.29, 0.717) is 6.61 Å². The summed E-state index contributed by atoms with van der Waals surface area (Å²) in [5.41, 5.74) is 0. The zero-order valence-electron chi connectivity index (χ0n) is 31.6. The number of aliphatic hydroxyl groups excluding tert-OH is 7. The number of esters is 1. The molecule has 2 rings (SSSR count). The third kappa shape index (κ3) is 17.9. The fourth-order valence-electron chi connectivity index (χ4n) is 6.19. The molecule has 0 spiro atoms. The minimum absolute atomic E-state index is 0.0524. The second kappa shape index (κ2) is 28.2. The van der Waals surface area contributed by atoms with E-state index in [4.69, 9.17) is 28.4 Å². The Morgan fingerprint density at radius 1 is 0.615 bits per heavy atom. The molecule has 0 aliphatic carbocycles. The van der Waals surface area contributed by atoms with E-state index in [2.05, 4.69) is 19.1 Å². The lowest BCUT2D eigenvalue weighted by Crippen LogP contribution is -2.61. The molecular weight excluding hydrogens is 680 g/mol. The van der Waals surface area contributed by atoms with Gasteiger partial charge in [0.05, 0.1) is 26.4 Å². The molecule has 0 radical (unpaired) electrons. The average Bonchev–Trinajstić information content (AvgIpc) is 3.14. The Morgan fingerprint density at radius 3 is 1.67 bits per heavy atom. The highest BCUT2D eigenvalue weighted by Gasteiger charge is 2.47. The minimum atomic E-state index is -1.70. The molecule has 0 saturated carbocycles. The van der Waals surface area contributed by atoms with Gasteiger partial charge in [-0.1, -0.05) is 96.6 Å². The fraction of sp³-hybridized carbons (Fsp3) is 0.921. The lowest BCUT2D eigenvalue weighted by Gasteiger charge is -2.42. The van der Waals surface area contributed by atoms with E-state index in [-0.39, 0.29) is 19.6 Å². The molecule has 0 aromatic carbocycles. The van der Waals surface area contributed by atoms with Crippen LogP contribution in [0.25, 0.3) is 0 Å². The molecule has 306 valence electrons. The molecule has 0 amide bonds. The van der Waals surface area contributed by atoms with Crippen molar-refractivity contribution in [3.05, 3.63) is 12.2 Å². The number of ether oxygens (including phenoxy) is 6. The van der Waals surface area contributed by atoms with E-state index >= 15 is 0 Å². The summed E-state index contributed by atoms with van der Waals surface area (Å²) in [5.74, 6) is -0.465. The van der Waals surface area contributed by atoms with Gasteiger partial charge in [0.1, 0.15) is 54.9 Å². The second-order valence-electron chi connectivity index (χ2n) is 14.1. The Hall–Kier alpha value is -1.27. The predicted octanol–water partition coefficient (Wildman–Crippen LogP) is 2.78. The van der Waals surface area contributed by atoms with E-state index in [1.807, 2.05) is 0 Å². The molecule has 0 aromatic rings. The van der Waals surface area contributed by atoms with Gasteiger partial charge in [-0.2, -0.15) is 0 Å². The van der Waals surface area contributed by atoms with Gasteiger partial charge in [0.25, 0.3) is 0 Å². The van der Waals surface area contributed by atoms with E-state index in [0.717, 1.165) is 19.3 Å². The first-order valence-electron chi connectivity index (χ1n) is 19.8. The molecule has 0 bridgehead atoms. The van der Waals surface area contributed by atoms with Gasteiger partial charge in [-0.3, -0.25) is 4.79 Å². The first-order valence-corrected chi connectivity index (χ1v) is 19.8. The van der Waals surface area contributed by atoms with Crippen molar-refractivity contribution < 1.29 is 69.0 Å². The lowest BCUT2D eigenvalue weighted by atomic mass is 9.98. The van der Waals surface area contributed by atoms with Crippen LogP contribution in [0.3, 0.4) is 0 Å². The number of carbonyl (C=O) groups is 1. The summed E-state index contributed by atoms with van der Waals surface area (Å²) < 4.78 is 33.3. The third-order valence-electron chi connectivity index (χ3n) is 9.58. The molecule has 2 fully saturated rings. The lowest BCUT2D eigenvalue weighted by molar-refractivity contribution is -0.332. The zero-order valence-corrected chi connectivity index (χ0v) is 31.6. The number of carbonyl (C=O) groups excluding carboxylic acids is 1. The van der Waals surface area contributed by atoms with Crippen LogP contribution in [0.15, 0.2) is 12.2 Å². The van der Waals surface area contributed by atoms with Crippen molar-refractivity contribution in [2.45, 2.75) is 191 Å². The van der Waals surface area contributed by atoms with Gasteiger partial charge >= 0.3 is 5.97 Å². The van der Waals surface area contributed by atoms with Crippen molar-refractivity contribution in [1.29, 1.82) is 0 Å². The number of aliphatic hydroxyl groups is 7. The summed E-state index contributed by atoms with van der Waals surface area (Å²) in [6.07, 6.45) is 8.39. The van der Waals surface area contributed by atoms with Crippen LogP contribution in [0.4, 0.5) is 0 Å². The minimum Gasteiger partial charge on any atom is -0.457 e. The van der Waals surface area contributed by atoms with Gasteiger partial charge in [0, 0.05) is 13.0 Å². The molecule has 2 heterocycles. The standard InChI is InChI=1S/C38H70O14/c1-3-5-6-7-8-9-10-11-12-13-14-15-16-17-18-19-20-21-22-47-24-27(50-30(40)4-2)25-48-37-36(46)34(44)32(42)29(52-37)26-49-38-35(45)33(43)31(41)28(23-39)51-38/h11-12,27-29,31-39,41-46H,3-10,13-26H2,1-2H3/b12-11-. The SMILES string of the molecule is CCCCCCCC/C=C\CCCCCCCCCCOCC(COC1OC(COC2OC(CO)C(O)C(O)C2O)C(O)C(O)C1O)OC(=O)CC. The van der Waals surface area contributed by atoms with Crippen LogP contribution in [-0.2, 0) is 33.2 Å². The van der Waals surface area contributed by atoms with Crippen molar-refractivity contribution in [3.8, 4) is 0 Å². The van der Waals surface area contributed by atoms with E-state index < -0.39 is 86.7 Å². The normalized spacial score (nSPS) is 30.2. The maximum Gasteiger partial charge on any atom is 0.305 e. The molecule has 7 N–H and O–H groups in total. The Kier molecular flexibility index (Phi) is 25.4.